The number of anilines is 1. The van der Waals surface area contributed by atoms with Gasteiger partial charge in [0.1, 0.15) is 0 Å². The fourth-order valence-corrected chi connectivity index (χ4v) is 2.59. The van der Waals surface area contributed by atoms with Crippen LogP contribution in [0.15, 0.2) is 40.8 Å². The van der Waals surface area contributed by atoms with Gasteiger partial charge in [-0.15, -0.1) is 0 Å². The van der Waals surface area contributed by atoms with Gasteiger partial charge in [-0.3, -0.25) is 4.79 Å². The third-order valence-electron chi connectivity index (χ3n) is 3.86. The van der Waals surface area contributed by atoms with Crippen molar-refractivity contribution in [2.24, 2.45) is 0 Å². The minimum absolute atomic E-state index is 0.0434. The Morgan fingerprint density at radius 2 is 1.80 bits per heavy atom. The first-order chi connectivity index (χ1) is 9.78. The lowest BCUT2D eigenvalue weighted by molar-refractivity contribution is 0.101. The van der Waals surface area contributed by atoms with Crippen molar-refractivity contribution in [2.75, 3.05) is 18.0 Å². The zero-order valence-electron chi connectivity index (χ0n) is 11.8. The molecule has 0 aliphatic carbocycles. The van der Waals surface area contributed by atoms with Crippen LogP contribution in [0.3, 0.4) is 0 Å². The molecule has 2 heterocycles. The molecule has 2 aromatic rings. The number of nitrogens with zero attached hydrogens (tertiary/aromatic N) is 1. The van der Waals surface area contributed by atoms with Crippen LogP contribution in [0.5, 0.6) is 0 Å². The van der Waals surface area contributed by atoms with Gasteiger partial charge < -0.3 is 9.32 Å². The molecule has 3 rings (SSSR count). The van der Waals surface area contributed by atoms with Crippen LogP contribution in [0.2, 0.25) is 0 Å². The molecule has 3 nitrogen and oxygen atoms in total. The van der Waals surface area contributed by atoms with Gasteiger partial charge >= 0.3 is 0 Å². The Hall–Kier alpha value is -2.03. The van der Waals surface area contributed by atoms with Crippen molar-refractivity contribution in [1.82, 2.24) is 0 Å². The lowest BCUT2D eigenvalue weighted by atomic mass is 10.1. The Morgan fingerprint density at radius 3 is 2.45 bits per heavy atom. The molecule has 0 bridgehead atoms. The summed E-state index contributed by atoms with van der Waals surface area (Å²) in [6.07, 6.45) is 3.37. The zero-order valence-corrected chi connectivity index (χ0v) is 11.8. The van der Waals surface area contributed by atoms with E-state index >= 15 is 0 Å². The minimum atomic E-state index is -0.0434. The Kier molecular flexibility index (Phi) is 3.59. The predicted molar refractivity (Wildman–Crippen MR) is 79.4 cm³/mol. The van der Waals surface area contributed by atoms with Crippen molar-refractivity contribution in [3.05, 3.63) is 53.3 Å². The molecule has 1 aliphatic rings. The maximum absolute atomic E-state index is 12.4. The Bertz CT molecular complexity index is 592. The Balaban J connectivity index is 1.79. The summed E-state index contributed by atoms with van der Waals surface area (Å²) in [6.45, 7) is 4.14. The molecule has 1 aromatic carbocycles. The van der Waals surface area contributed by atoms with E-state index in [4.69, 9.17) is 4.42 Å². The van der Waals surface area contributed by atoms with Gasteiger partial charge in [0.25, 0.3) is 0 Å². The fraction of sp³-hybridized carbons (Fsp3) is 0.353. The van der Waals surface area contributed by atoms with E-state index in [2.05, 4.69) is 11.8 Å². The van der Waals surface area contributed by atoms with Crippen LogP contribution in [0, 0.1) is 0 Å². The van der Waals surface area contributed by atoms with E-state index in [1.165, 1.54) is 18.4 Å². The molecule has 20 heavy (non-hydrogen) atoms. The fourth-order valence-electron chi connectivity index (χ4n) is 2.59. The standard InChI is InChI=1S/C17H19NO2/c1-2-13-5-7-14(8-6-13)17(19)15-9-10-16(20-15)18-11-3-4-12-18/h5-10H,2-4,11-12H2,1H3. The number of hydrogen-bond donors (Lipinski definition) is 0. The molecule has 0 unspecified atom stereocenters. The van der Waals surface area contributed by atoms with Gasteiger partial charge in [-0.25, -0.2) is 0 Å². The van der Waals surface area contributed by atoms with Crippen molar-refractivity contribution >= 4 is 11.7 Å². The first-order valence-electron chi connectivity index (χ1n) is 7.26. The first-order valence-corrected chi connectivity index (χ1v) is 7.26. The summed E-state index contributed by atoms with van der Waals surface area (Å²) in [5.41, 5.74) is 1.92. The van der Waals surface area contributed by atoms with Crippen LogP contribution in [-0.2, 0) is 6.42 Å². The molecule has 0 radical (unpaired) electrons. The first kappa shape index (κ1) is 13.0. The summed E-state index contributed by atoms with van der Waals surface area (Å²) < 4.78 is 5.72. The van der Waals surface area contributed by atoms with Crippen molar-refractivity contribution < 1.29 is 9.21 Å². The van der Waals surface area contributed by atoms with Crippen LogP contribution in [0.25, 0.3) is 0 Å². The molecular weight excluding hydrogens is 250 g/mol. The molecule has 0 saturated carbocycles. The molecule has 0 N–H and O–H groups in total. The summed E-state index contributed by atoms with van der Waals surface area (Å²) in [6, 6.07) is 11.4. The average molecular weight is 269 g/mol. The molecule has 104 valence electrons. The summed E-state index contributed by atoms with van der Waals surface area (Å²) in [5.74, 6) is 1.20. The molecule has 0 amide bonds. The normalized spacial score (nSPS) is 14.8. The van der Waals surface area contributed by atoms with E-state index in [1.807, 2.05) is 30.3 Å². The summed E-state index contributed by atoms with van der Waals surface area (Å²) in [4.78, 5) is 14.6. The molecule has 3 heteroatoms. The number of benzene rings is 1. The van der Waals surface area contributed by atoms with Crippen LogP contribution in [0.1, 0.15) is 41.4 Å². The van der Waals surface area contributed by atoms with Crippen molar-refractivity contribution in [3.8, 4) is 0 Å². The summed E-state index contributed by atoms with van der Waals surface area (Å²) >= 11 is 0. The van der Waals surface area contributed by atoms with Gasteiger partial charge in [-0.05, 0) is 30.9 Å². The van der Waals surface area contributed by atoms with Crippen molar-refractivity contribution in [2.45, 2.75) is 26.2 Å². The number of furan rings is 1. The van der Waals surface area contributed by atoms with Crippen molar-refractivity contribution in [1.29, 1.82) is 0 Å². The van der Waals surface area contributed by atoms with Gasteiger partial charge in [-0.1, -0.05) is 31.2 Å². The monoisotopic (exact) mass is 269 g/mol. The van der Waals surface area contributed by atoms with Gasteiger partial charge in [0.05, 0.1) is 0 Å². The lowest BCUT2D eigenvalue weighted by Crippen LogP contribution is -2.16. The van der Waals surface area contributed by atoms with Crippen LogP contribution in [0.4, 0.5) is 5.88 Å². The minimum Gasteiger partial charge on any atom is -0.437 e. The van der Waals surface area contributed by atoms with Gasteiger partial charge in [0.2, 0.25) is 5.78 Å². The number of carbonyl (C=O) groups is 1. The molecule has 1 saturated heterocycles. The quantitative estimate of drug-likeness (QED) is 0.794. The topological polar surface area (TPSA) is 33.5 Å². The smallest absolute Gasteiger partial charge is 0.228 e. The highest BCUT2D eigenvalue weighted by molar-refractivity contribution is 6.07. The van der Waals surface area contributed by atoms with E-state index in [0.717, 1.165) is 25.4 Å². The maximum Gasteiger partial charge on any atom is 0.228 e. The Morgan fingerprint density at radius 1 is 1.10 bits per heavy atom. The van der Waals surface area contributed by atoms with E-state index in [-0.39, 0.29) is 5.78 Å². The van der Waals surface area contributed by atoms with Crippen LogP contribution in [-0.4, -0.2) is 18.9 Å². The van der Waals surface area contributed by atoms with Gasteiger partial charge in [0, 0.05) is 24.7 Å². The summed E-state index contributed by atoms with van der Waals surface area (Å²) in [5, 5.41) is 0. The average Bonchev–Trinajstić information content (AvgIpc) is 3.17. The molecule has 0 atom stereocenters. The van der Waals surface area contributed by atoms with Crippen LogP contribution >= 0.6 is 0 Å². The third-order valence-corrected chi connectivity index (χ3v) is 3.86. The number of aryl methyl sites for hydroxylation is 1. The number of rotatable bonds is 4. The second-order valence-electron chi connectivity index (χ2n) is 5.21. The highest BCUT2D eigenvalue weighted by Crippen LogP contribution is 2.24. The lowest BCUT2D eigenvalue weighted by Gasteiger charge is -2.12. The number of hydrogen-bond acceptors (Lipinski definition) is 3. The van der Waals surface area contributed by atoms with Crippen LogP contribution < -0.4 is 4.90 Å². The van der Waals surface area contributed by atoms with Crippen molar-refractivity contribution in [3.63, 3.8) is 0 Å². The van der Waals surface area contributed by atoms with E-state index < -0.39 is 0 Å². The Labute approximate surface area is 119 Å². The second kappa shape index (κ2) is 5.53. The SMILES string of the molecule is CCc1ccc(C(=O)c2ccc(N3CCCC3)o2)cc1. The third kappa shape index (κ3) is 2.48. The number of carbonyl (C=O) groups excluding carboxylic acids is 1. The molecule has 0 spiro atoms. The molecule has 1 aliphatic heterocycles. The molecule has 1 fully saturated rings. The predicted octanol–water partition coefficient (Wildman–Crippen LogP) is 3.67. The number of ketones is 1. The second-order valence-corrected chi connectivity index (χ2v) is 5.21. The molecular formula is C17H19NO2. The van der Waals surface area contributed by atoms with Gasteiger partial charge in [0.15, 0.2) is 11.6 Å². The van der Waals surface area contributed by atoms with E-state index in [0.29, 0.717) is 11.3 Å². The summed E-state index contributed by atoms with van der Waals surface area (Å²) in [7, 11) is 0. The highest BCUT2D eigenvalue weighted by Gasteiger charge is 2.19. The largest absolute Gasteiger partial charge is 0.437 e. The van der Waals surface area contributed by atoms with E-state index in [1.54, 1.807) is 6.07 Å². The van der Waals surface area contributed by atoms with E-state index in [9.17, 15) is 4.79 Å². The van der Waals surface area contributed by atoms with Gasteiger partial charge in [-0.2, -0.15) is 0 Å². The molecule has 1 aromatic heterocycles. The highest BCUT2D eigenvalue weighted by atomic mass is 16.4. The maximum atomic E-state index is 12.4. The zero-order chi connectivity index (χ0) is 13.9.